The fraction of sp³-hybridized carbons (Fsp3) is 0.440. The normalized spacial score (nSPS) is 17.0. The predicted octanol–water partition coefficient (Wildman–Crippen LogP) is 2.96. The van der Waals surface area contributed by atoms with Gasteiger partial charge in [-0.15, -0.1) is 0 Å². The van der Waals surface area contributed by atoms with Gasteiger partial charge in [-0.1, -0.05) is 6.07 Å². The molecule has 2 aliphatic rings. The number of methoxy groups -OCH3 is 1. The Balaban J connectivity index is 1.19. The predicted molar refractivity (Wildman–Crippen MR) is 121 cm³/mol. The fourth-order valence-electron chi connectivity index (χ4n) is 4.53. The molecule has 162 valence electrons. The number of carbonyl (C=O) groups is 1. The number of hydrogen-bond donors (Lipinski definition) is 1. The molecule has 0 aromatic heterocycles. The molecular weight excluding hydrogens is 388 g/mol. The average Bonchev–Trinajstić information content (AvgIpc) is 2.83. The number of ether oxygens (including phenoxy) is 1. The molecule has 2 aromatic rings. The van der Waals surface area contributed by atoms with Crippen molar-refractivity contribution in [1.82, 2.24) is 10.2 Å². The molecule has 4 rings (SSSR count). The van der Waals surface area contributed by atoms with E-state index in [1.54, 1.807) is 7.11 Å². The molecule has 0 unspecified atom stereocenters. The van der Waals surface area contributed by atoms with Gasteiger partial charge in [0.1, 0.15) is 5.75 Å². The summed E-state index contributed by atoms with van der Waals surface area (Å²) in [5, 5.41) is 12.1. The Hall–Kier alpha value is -3.04. The Morgan fingerprint density at radius 1 is 1.13 bits per heavy atom. The van der Waals surface area contributed by atoms with Crippen LogP contribution in [0, 0.1) is 17.2 Å². The Morgan fingerprint density at radius 2 is 1.90 bits per heavy atom. The van der Waals surface area contributed by atoms with E-state index in [-0.39, 0.29) is 11.8 Å². The maximum absolute atomic E-state index is 12.6. The Labute approximate surface area is 184 Å². The van der Waals surface area contributed by atoms with E-state index < -0.39 is 0 Å². The van der Waals surface area contributed by atoms with Gasteiger partial charge in [-0.25, -0.2) is 0 Å². The minimum atomic E-state index is 0.0872. The fourth-order valence-corrected chi connectivity index (χ4v) is 4.53. The second-order valence-electron chi connectivity index (χ2n) is 8.37. The summed E-state index contributed by atoms with van der Waals surface area (Å²) in [4.78, 5) is 17.3. The van der Waals surface area contributed by atoms with Crippen LogP contribution >= 0.6 is 0 Å². The summed E-state index contributed by atoms with van der Waals surface area (Å²) in [6, 6.07) is 16.2. The van der Waals surface area contributed by atoms with E-state index in [4.69, 9.17) is 10.00 Å². The zero-order chi connectivity index (χ0) is 21.6. The lowest BCUT2D eigenvalue weighted by molar-refractivity contribution is -0.125. The zero-order valence-corrected chi connectivity index (χ0v) is 18.1. The van der Waals surface area contributed by atoms with Crippen LogP contribution in [-0.2, 0) is 17.8 Å². The zero-order valence-electron chi connectivity index (χ0n) is 18.1. The molecule has 0 radical (unpaired) electrons. The molecule has 31 heavy (non-hydrogen) atoms. The lowest BCUT2D eigenvalue weighted by atomic mass is 9.95. The van der Waals surface area contributed by atoms with Gasteiger partial charge in [0, 0.05) is 50.9 Å². The van der Waals surface area contributed by atoms with Gasteiger partial charge in [0.25, 0.3) is 0 Å². The minimum absolute atomic E-state index is 0.0872. The van der Waals surface area contributed by atoms with E-state index in [2.05, 4.69) is 33.3 Å². The molecule has 0 atom stereocenters. The van der Waals surface area contributed by atoms with Crippen LogP contribution in [0.3, 0.4) is 0 Å². The van der Waals surface area contributed by atoms with Crippen molar-refractivity contribution in [2.24, 2.45) is 5.92 Å². The quantitative estimate of drug-likeness (QED) is 0.781. The van der Waals surface area contributed by atoms with Crippen molar-refractivity contribution in [3.63, 3.8) is 0 Å². The van der Waals surface area contributed by atoms with Crippen molar-refractivity contribution < 1.29 is 9.53 Å². The Morgan fingerprint density at radius 3 is 2.61 bits per heavy atom. The van der Waals surface area contributed by atoms with Crippen molar-refractivity contribution in [3.05, 3.63) is 59.2 Å². The Bertz CT molecular complexity index is 943. The van der Waals surface area contributed by atoms with Gasteiger partial charge in [0.15, 0.2) is 0 Å². The van der Waals surface area contributed by atoms with E-state index in [9.17, 15) is 4.79 Å². The van der Waals surface area contributed by atoms with Crippen LogP contribution in [0.5, 0.6) is 5.75 Å². The molecule has 2 aliphatic heterocycles. The highest BCUT2D eigenvalue weighted by molar-refractivity contribution is 5.79. The number of rotatable bonds is 6. The van der Waals surface area contributed by atoms with Crippen molar-refractivity contribution in [1.29, 1.82) is 5.26 Å². The monoisotopic (exact) mass is 418 g/mol. The van der Waals surface area contributed by atoms with Gasteiger partial charge in [0.2, 0.25) is 5.91 Å². The van der Waals surface area contributed by atoms with Gasteiger partial charge in [0.05, 0.1) is 18.7 Å². The molecule has 0 spiro atoms. The minimum Gasteiger partial charge on any atom is -0.497 e. The SMILES string of the molecule is COc1ccc2c(c1)CCN(CCNC(=O)C1CCN(c3ccc(C#N)cc3)CC1)C2. The maximum Gasteiger partial charge on any atom is 0.223 e. The van der Waals surface area contributed by atoms with E-state index in [0.717, 1.165) is 63.4 Å². The third-order valence-electron chi connectivity index (χ3n) is 6.46. The topological polar surface area (TPSA) is 68.6 Å². The first-order valence-electron chi connectivity index (χ1n) is 11.1. The van der Waals surface area contributed by atoms with Crippen molar-refractivity contribution in [2.75, 3.05) is 44.7 Å². The number of amides is 1. The number of nitrogens with one attached hydrogen (secondary N) is 1. The maximum atomic E-state index is 12.6. The molecule has 0 bridgehead atoms. The molecule has 1 fully saturated rings. The van der Waals surface area contributed by atoms with Crippen molar-refractivity contribution in [2.45, 2.75) is 25.8 Å². The number of anilines is 1. The van der Waals surface area contributed by atoms with Crippen LogP contribution in [0.1, 0.15) is 29.5 Å². The number of nitriles is 1. The second-order valence-corrected chi connectivity index (χ2v) is 8.37. The summed E-state index contributed by atoms with van der Waals surface area (Å²) in [6.07, 6.45) is 2.75. The van der Waals surface area contributed by atoms with Gasteiger partial charge in [-0.05, 0) is 66.8 Å². The largest absolute Gasteiger partial charge is 0.497 e. The molecule has 6 heteroatoms. The van der Waals surface area contributed by atoms with Crippen LogP contribution in [0.2, 0.25) is 0 Å². The summed E-state index contributed by atoms with van der Waals surface area (Å²) in [6.45, 7) is 5.26. The van der Waals surface area contributed by atoms with Crippen LogP contribution in [0.4, 0.5) is 5.69 Å². The third kappa shape index (κ3) is 5.18. The summed E-state index contributed by atoms with van der Waals surface area (Å²) < 4.78 is 5.32. The second kappa shape index (κ2) is 9.84. The van der Waals surface area contributed by atoms with E-state index in [0.29, 0.717) is 12.1 Å². The highest BCUT2D eigenvalue weighted by Crippen LogP contribution is 2.25. The first-order chi connectivity index (χ1) is 15.2. The molecule has 1 saturated heterocycles. The number of fused-ring (bicyclic) bond motifs is 1. The average molecular weight is 419 g/mol. The van der Waals surface area contributed by atoms with E-state index in [1.807, 2.05) is 30.3 Å². The van der Waals surface area contributed by atoms with Crippen LogP contribution in [0.25, 0.3) is 0 Å². The van der Waals surface area contributed by atoms with Gasteiger partial charge >= 0.3 is 0 Å². The molecule has 2 aromatic carbocycles. The first kappa shape index (κ1) is 21.2. The summed E-state index contributed by atoms with van der Waals surface area (Å²) in [7, 11) is 1.70. The van der Waals surface area contributed by atoms with Crippen molar-refractivity contribution in [3.8, 4) is 11.8 Å². The molecule has 0 saturated carbocycles. The third-order valence-corrected chi connectivity index (χ3v) is 6.46. The van der Waals surface area contributed by atoms with Gasteiger partial charge < -0.3 is 15.0 Å². The lowest BCUT2D eigenvalue weighted by Gasteiger charge is -2.33. The lowest BCUT2D eigenvalue weighted by Crippen LogP contribution is -2.43. The smallest absolute Gasteiger partial charge is 0.223 e. The molecule has 2 heterocycles. The van der Waals surface area contributed by atoms with E-state index in [1.165, 1.54) is 11.1 Å². The van der Waals surface area contributed by atoms with E-state index >= 15 is 0 Å². The number of nitrogens with zero attached hydrogens (tertiary/aromatic N) is 3. The molecular formula is C25H30N4O2. The summed E-state index contributed by atoms with van der Waals surface area (Å²) >= 11 is 0. The van der Waals surface area contributed by atoms with Gasteiger partial charge in [-0.3, -0.25) is 9.69 Å². The molecule has 1 N–H and O–H groups in total. The van der Waals surface area contributed by atoms with Crippen LogP contribution in [0.15, 0.2) is 42.5 Å². The molecule has 6 nitrogen and oxygen atoms in total. The summed E-state index contributed by atoms with van der Waals surface area (Å²) in [5.74, 6) is 1.19. The standard InChI is InChI=1S/C25H30N4O2/c1-31-24-7-4-22-18-28(12-8-21(22)16-24)15-11-27-25(30)20-9-13-29(14-10-20)23-5-2-19(17-26)3-6-23/h2-7,16,20H,8-15,18H2,1H3,(H,27,30). The summed E-state index contributed by atoms with van der Waals surface area (Å²) in [5.41, 5.74) is 4.53. The van der Waals surface area contributed by atoms with Crippen LogP contribution < -0.4 is 15.0 Å². The van der Waals surface area contributed by atoms with Crippen molar-refractivity contribution >= 4 is 11.6 Å². The van der Waals surface area contributed by atoms with Crippen LogP contribution in [-0.4, -0.2) is 50.6 Å². The highest BCUT2D eigenvalue weighted by Gasteiger charge is 2.25. The number of piperidine rings is 1. The van der Waals surface area contributed by atoms with Gasteiger partial charge in [-0.2, -0.15) is 5.26 Å². The number of carbonyl (C=O) groups excluding carboxylic acids is 1. The Kier molecular flexibility index (Phi) is 6.73. The first-order valence-corrected chi connectivity index (χ1v) is 11.1. The molecule has 0 aliphatic carbocycles. The number of benzene rings is 2. The molecule has 1 amide bonds. The number of hydrogen-bond acceptors (Lipinski definition) is 5. The highest BCUT2D eigenvalue weighted by atomic mass is 16.5.